The summed E-state index contributed by atoms with van der Waals surface area (Å²) in [4.78, 5) is 39.2. The molecule has 5 atom stereocenters. The summed E-state index contributed by atoms with van der Waals surface area (Å²) in [6.45, 7) is -0.0522. The van der Waals surface area contributed by atoms with Crippen molar-refractivity contribution in [3.05, 3.63) is 48.0 Å². The number of hydrogen-bond donors (Lipinski definition) is 2. The third-order valence-electron chi connectivity index (χ3n) is 6.42. The van der Waals surface area contributed by atoms with Gasteiger partial charge in [0.25, 0.3) is 0 Å². The van der Waals surface area contributed by atoms with Crippen LogP contribution in [0.1, 0.15) is 24.4 Å². The summed E-state index contributed by atoms with van der Waals surface area (Å²) in [5, 5.41) is 5.05. The number of nitrogens with zero attached hydrogens (tertiary/aromatic N) is 1. The van der Waals surface area contributed by atoms with Gasteiger partial charge in [0.1, 0.15) is 6.54 Å². The molecule has 3 saturated heterocycles. The zero-order valence-electron chi connectivity index (χ0n) is 16.3. The van der Waals surface area contributed by atoms with E-state index in [1.807, 2.05) is 42.5 Å². The summed E-state index contributed by atoms with van der Waals surface area (Å²) in [6.07, 6.45) is 1.26. The highest BCUT2D eigenvalue weighted by molar-refractivity contribution is 6.08. The van der Waals surface area contributed by atoms with Crippen molar-refractivity contribution in [3.8, 4) is 0 Å². The fourth-order valence-electron chi connectivity index (χ4n) is 5.02. The van der Waals surface area contributed by atoms with Gasteiger partial charge in [-0.15, -0.1) is 12.4 Å². The second kappa shape index (κ2) is 7.98. The molecule has 30 heavy (non-hydrogen) atoms. The minimum Gasteiger partial charge on any atom is -0.373 e. The third kappa shape index (κ3) is 3.27. The highest BCUT2D eigenvalue weighted by Crippen LogP contribution is 2.48. The van der Waals surface area contributed by atoms with Crippen LogP contribution in [0.3, 0.4) is 0 Å². The lowest BCUT2D eigenvalue weighted by molar-refractivity contribution is -0.146. The first-order valence-corrected chi connectivity index (χ1v) is 10.1. The van der Waals surface area contributed by atoms with Crippen LogP contribution in [0.4, 0.5) is 0 Å². The van der Waals surface area contributed by atoms with Crippen molar-refractivity contribution in [3.63, 3.8) is 0 Å². The minimum atomic E-state index is -0.417. The zero-order chi connectivity index (χ0) is 20.1. The standard InChI is InChI=1S/C22H23N3O4.ClH/c23-10-15(14-6-5-12-3-1-2-4-13(12)9-14)24-18(26)11-25-21(27)19-16-7-8-17(29-16)20(19)22(25)28;/h1-6,9,15-17,19-20H,7-8,10-11,23H2,(H,24,26);1H. The molecular weight excluding hydrogens is 406 g/mol. The average molecular weight is 430 g/mol. The van der Waals surface area contributed by atoms with E-state index in [4.69, 9.17) is 10.5 Å². The number of carbonyl (C=O) groups is 3. The Morgan fingerprint density at radius 3 is 2.33 bits per heavy atom. The first-order chi connectivity index (χ1) is 14.1. The highest BCUT2D eigenvalue weighted by Gasteiger charge is 2.62. The normalized spacial score (nSPS) is 27.8. The molecule has 3 aliphatic rings. The second-order valence-corrected chi connectivity index (χ2v) is 8.07. The van der Waals surface area contributed by atoms with Gasteiger partial charge in [0.05, 0.1) is 30.1 Å². The molecule has 3 N–H and O–H groups in total. The Morgan fingerprint density at radius 1 is 1.07 bits per heavy atom. The number of nitrogens with one attached hydrogen (secondary N) is 1. The molecule has 2 aromatic carbocycles. The number of hydrogen-bond acceptors (Lipinski definition) is 5. The van der Waals surface area contributed by atoms with Gasteiger partial charge in [-0.3, -0.25) is 19.3 Å². The second-order valence-electron chi connectivity index (χ2n) is 8.07. The molecular formula is C22H24ClN3O4. The number of likely N-dealkylation sites (tertiary alicyclic amines) is 1. The summed E-state index contributed by atoms with van der Waals surface area (Å²) in [6, 6.07) is 13.5. The largest absolute Gasteiger partial charge is 0.373 e. The maximum Gasteiger partial charge on any atom is 0.240 e. The van der Waals surface area contributed by atoms with Gasteiger partial charge in [0.15, 0.2) is 0 Å². The van der Waals surface area contributed by atoms with Crippen molar-refractivity contribution < 1.29 is 19.1 Å². The van der Waals surface area contributed by atoms with Gasteiger partial charge in [-0.1, -0.05) is 36.4 Å². The van der Waals surface area contributed by atoms with Crippen LogP contribution in [0.15, 0.2) is 42.5 Å². The average Bonchev–Trinajstić information content (AvgIpc) is 3.42. The number of benzene rings is 2. The molecule has 0 aliphatic carbocycles. The van der Waals surface area contributed by atoms with Gasteiger partial charge in [-0.25, -0.2) is 0 Å². The molecule has 0 saturated carbocycles. The van der Waals surface area contributed by atoms with Crippen molar-refractivity contribution in [2.45, 2.75) is 31.1 Å². The Balaban J connectivity index is 0.00000218. The quantitative estimate of drug-likeness (QED) is 0.702. The molecule has 3 heterocycles. The predicted octanol–water partition coefficient (Wildman–Crippen LogP) is 1.54. The number of imide groups is 1. The third-order valence-corrected chi connectivity index (χ3v) is 6.42. The molecule has 3 amide bonds. The van der Waals surface area contributed by atoms with Crippen molar-refractivity contribution in [2.75, 3.05) is 13.1 Å². The van der Waals surface area contributed by atoms with Crippen molar-refractivity contribution in [1.29, 1.82) is 0 Å². The van der Waals surface area contributed by atoms with Gasteiger partial charge in [-0.05, 0) is 35.2 Å². The van der Waals surface area contributed by atoms with Gasteiger partial charge < -0.3 is 15.8 Å². The van der Waals surface area contributed by atoms with Gasteiger partial charge in [0.2, 0.25) is 17.7 Å². The van der Waals surface area contributed by atoms with E-state index < -0.39 is 11.8 Å². The highest BCUT2D eigenvalue weighted by atomic mass is 35.5. The lowest BCUT2D eigenvalue weighted by Crippen LogP contribution is -2.44. The van der Waals surface area contributed by atoms with Crippen molar-refractivity contribution in [1.82, 2.24) is 10.2 Å². The number of ether oxygens (including phenoxy) is 1. The molecule has 0 radical (unpaired) electrons. The molecule has 8 heteroatoms. The summed E-state index contributed by atoms with van der Waals surface area (Å²) in [7, 11) is 0. The fraction of sp³-hybridized carbons (Fsp3) is 0.409. The fourth-order valence-corrected chi connectivity index (χ4v) is 5.02. The molecule has 2 bridgehead atoms. The smallest absolute Gasteiger partial charge is 0.240 e. The van der Waals surface area contributed by atoms with Crippen LogP contribution >= 0.6 is 12.4 Å². The number of nitrogens with two attached hydrogens (primary N) is 1. The Bertz CT molecular complexity index is 985. The lowest BCUT2D eigenvalue weighted by Gasteiger charge is -2.21. The van der Waals surface area contributed by atoms with E-state index in [0.29, 0.717) is 0 Å². The summed E-state index contributed by atoms with van der Waals surface area (Å²) >= 11 is 0. The van der Waals surface area contributed by atoms with Crippen LogP contribution in [0.5, 0.6) is 0 Å². The predicted molar refractivity (Wildman–Crippen MR) is 113 cm³/mol. The van der Waals surface area contributed by atoms with Crippen LogP contribution in [0.25, 0.3) is 10.8 Å². The molecule has 5 rings (SSSR count). The maximum atomic E-state index is 12.7. The first kappa shape index (κ1) is 20.8. The van der Waals surface area contributed by atoms with E-state index in [1.165, 1.54) is 0 Å². The van der Waals surface area contributed by atoms with Gasteiger partial charge >= 0.3 is 0 Å². The van der Waals surface area contributed by atoms with E-state index in [-0.39, 0.29) is 61.5 Å². The number of fused-ring (bicyclic) bond motifs is 6. The number of halogens is 1. The van der Waals surface area contributed by atoms with Crippen LogP contribution in [0.2, 0.25) is 0 Å². The molecule has 2 aromatic rings. The summed E-state index contributed by atoms with van der Waals surface area (Å²) < 4.78 is 5.72. The van der Waals surface area contributed by atoms with E-state index in [2.05, 4.69) is 5.32 Å². The molecule has 3 aliphatic heterocycles. The van der Waals surface area contributed by atoms with Crippen LogP contribution in [-0.4, -0.2) is 47.9 Å². The Labute approximate surface area is 180 Å². The van der Waals surface area contributed by atoms with Crippen LogP contribution in [-0.2, 0) is 19.1 Å². The zero-order valence-corrected chi connectivity index (χ0v) is 17.1. The summed E-state index contributed by atoms with van der Waals surface area (Å²) in [5.41, 5.74) is 6.79. The molecule has 5 unspecified atom stereocenters. The lowest BCUT2D eigenvalue weighted by atomic mass is 9.81. The molecule has 158 valence electrons. The molecule has 3 fully saturated rings. The number of rotatable bonds is 5. The SMILES string of the molecule is Cl.NCC(NC(=O)CN1C(=O)C2C3CCC(O3)C2C1=O)c1ccc2ccccc2c1. The molecule has 0 spiro atoms. The first-order valence-electron chi connectivity index (χ1n) is 10.1. The monoisotopic (exact) mass is 429 g/mol. The topological polar surface area (TPSA) is 102 Å². The van der Waals surface area contributed by atoms with Crippen LogP contribution < -0.4 is 11.1 Å². The van der Waals surface area contributed by atoms with Crippen molar-refractivity contribution in [2.24, 2.45) is 17.6 Å². The van der Waals surface area contributed by atoms with E-state index in [0.717, 1.165) is 34.1 Å². The van der Waals surface area contributed by atoms with E-state index in [9.17, 15) is 14.4 Å². The Hall–Kier alpha value is -2.48. The minimum absolute atomic E-state index is 0. The van der Waals surface area contributed by atoms with Gasteiger partial charge in [-0.2, -0.15) is 0 Å². The van der Waals surface area contributed by atoms with Gasteiger partial charge in [0, 0.05) is 6.54 Å². The molecule has 7 nitrogen and oxygen atoms in total. The Morgan fingerprint density at radius 2 is 1.70 bits per heavy atom. The maximum absolute atomic E-state index is 12.7. The van der Waals surface area contributed by atoms with E-state index in [1.54, 1.807) is 0 Å². The van der Waals surface area contributed by atoms with E-state index >= 15 is 0 Å². The number of amides is 3. The number of carbonyl (C=O) groups excluding carboxylic acids is 3. The Kier molecular flexibility index (Phi) is 5.53. The van der Waals surface area contributed by atoms with Crippen molar-refractivity contribution >= 4 is 40.9 Å². The van der Waals surface area contributed by atoms with Crippen LogP contribution in [0, 0.1) is 11.8 Å². The molecule has 0 aromatic heterocycles. The summed E-state index contributed by atoms with van der Waals surface area (Å²) in [5.74, 6) is -1.78.